The van der Waals surface area contributed by atoms with Crippen molar-refractivity contribution < 1.29 is 9.84 Å². The van der Waals surface area contributed by atoms with Gasteiger partial charge in [-0.1, -0.05) is 11.6 Å². The van der Waals surface area contributed by atoms with Gasteiger partial charge >= 0.3 is 0 Å². The standard InChI is InChI=1S/C11H12ClNO2/c1-11(2,6-13)7-4-8(14)10(12)9(5-7)15-3/h4-5,14H,1-3H3. The Morgan fingerprint density at radius 3 is 2.53 bits per heavy atom. The molecule has 1 aromatic rings. The molecule has 1 aromatic carbocycles. The predicted molar refractivity (Wildman–Crippen MR) is 58.3 cm³/mol. The van der Waals surface area contributed by atoms with Crippen molar-refractivity contribution in [3.8, 4) is 17.6 Å². The van der Waals surface area contributed by atoms with Gasteiger partial charge in [-0.25, -0.2) is 0 Å². The molecule has 0 aliphatic carbocycles. The summed E-state index contributed by atoms with van der Waals surface area (Å²) in [6, 6.07) is 5.28. The second kappa shape index (κ2) is 4.00. The number of hydrogen-bond acceptors (Lipinski definition) is 3. The van der Waals surface area contributed by atoms with Gasteiger partial charge in [0.05, 0.1) is 18.6 Å². The van der Waals surface area contributed by atoms with Crippen LogP contribution in [0.15, 0.2) is 12.1 Å². The molecule has 4 heteroatoms. The first-order chi connectivity index (χ1) is 6.92. The number of rotatable bonds is 2. The molecule has 0 spiro atoms. The fourth-order valence-electron chi connectivity index (χ4n) is 1.16. The van der Waals surface area contributed by atoms with E-state index in [9.17, 15) is 5.11 Å². The highest BCUT2D eigenvalue weighted by Gasteiger charge is 2.22. The number of phenolic OH excluding ortho intramolecular Hbond substituents is 1. The van der Waals surface area contributed by atoms with E-state index < -0.39 is 5.41 Å². The van der Waals surface area contributed by atoms with Gasteiger partial charge in [0, 0.05) is 0 Å². The van der Waals surface area contributed by atoms with Crippen LogP contribution >= 0.6 is 11.6 Å². The Kier molecular flexibility index (Phi) is 3.11. The molecule has 1 N–H and O–H groups in total. The molecule has 1 rings (SSSR count). The maximum Gasteiger partial charge on any atom is 0.141 e. The smallest absolute Gasteiger partial charge is 0.141 e. The van der Waals surface area contributed by atoms with Crippen LogP contribution in [0.5, 0.6) is 11.5 Å². The minimum absolute atomic E-state index is 0.0747. The minimum Gasteiger partial charge on any atom is -0.506 e. The Hall–Kier alpha value is -1.40. The topological polar surface area (TPSA) is 53.2 Å². The molecule has 0 saturated carbocycles. The van der Waals surface area contributed by atoms with E-state index in [0.717, 1.165) is 0 Å². The van der Waals surface area contributed by atoms with Crippen LogP contribution in [0.2, 0.25) is 5.02 Å². The van der Waals surface area contributed by atoms with Gasteiger partial charge in [0.2, 0.25) is 0 Å². The number of ether oxygens (including phenoxy) is 1. The zero-order chi connectivity index (χ0) is 11.6. The second-order valence-electron chi connectivity index (χ2n) is 3.75. The van der Waals surface area contributed by atoms with E-state index in [2.05, 4.69) is 6.07 Å². The van der Waals surface area contributed by atoms with Crippen LogP contribution < -0.4 is 4.74 Å². The summed E-state index contributed by atoms with van der Waals surface area (Å²) < 4.78 is 5.00. The van der Waals surface area contributed by atoms with E-state index in [0.29, 0.717) is 11.3 Å². The molecule has 15 heavy (non-hydrogen) atoms. The third-order valence-corrected chi connectivity index (χ3v) is 2.62. The molecule has 0 aliphatic heterocycles. The van der Waals surface area contributed by atoms with Crippen LogP contribution in [0.3, 0.4) is 0 Å². The highest BCUT2D eigenvalue weighted by Crippen LogP contribution is 2.38. The third kappa shape index (κ3) is 2.16. The Morgan fingerprint density at radius 1 is 1.47 bits per heavy atom. The van der Waals surface area contributed by atoms with Gasteiger partial charge in [-0.2, -0.15) is 5.26 Å². The first-order valence-corrected chi connectivity index (χ1v) is 4.78. The number of hydrogen-bond donors (Lipinski definition) is 1. The van der Waals surface area contributed by atoms with E-state index >= 15 is 0 Å². The van der Waals surface area contributed by atoms with Crippen LogP contribution in [0, 0.1) is 11.3 Å². The highest BCUT2D eigenvalue weighted by molar-refractivity contribution is 6.33. The third-order valence-electron chi connectivity index (χ3n) is 2.24. The molecule has 0 atom stereocenters. The quantitative estimate of drug-likeness (QED) is 0.842. The van der Waals surface area contributed by atoms with Crippen LogP contribution in [0.25, 0.3) is 0 Å². The zero-order valence-electron chi connectivity index (χ0n) is 8.84. The molecule has 0 fully saturated rings. The maximum atomic E-state index is 9.55. The number of phenols is 1. The Balaban J connectivity index is 3.36. The predicted octanol–water partition coefficient (Wildman–Crippen LogP) is 2.86. The fourth-order valence-corrected chi connectivity index (χ4v) is 1.34. The summed E-state index contributed by atoms with van der Waals surface area (Å²) >= 11 is 5.80. The van der Waals surface area contributed by atoms with E-state index in [1.54, 1.807) is 19.9 Å². The summed E-state index contributed by atoms with van der Waals surface area (Å²) in [7, 11) is 1.46. The average molecular weight is 226 g/mol. The lowest BCUT2D eigenvalue weighted by Gasteiger charge is -2.17. The molecule has 0 bridgehead atoms. The zero-order valence-corrected chi connectivity index (χ0v) is 9.59. The molecule has 0 unspecified atom stereocenters. The molecule has 80 valence electrons. The average Bonchev–Trinajstić information content (AvgIpc) is 2.21. The summed E-state index contributed by atoms with van der Waals surface area (Å²) in [6.45, 7) is 3.52. The largest absolute Gasteiger partial charge is 0.506 e. The number of aromatic hydroxyl groups is 1. The Morgan fingerprint density at radius 2 is 2.07 bits per heavy atom. The van der Waals surface area contributed by atoms with Crippen molar-refractivity contribution in [1.82, 2.24) is 0 Å². The maximum absolute atomic E-state index is 9.55. The number of benzene rings is 1. The van der Waals surface area contributed by atoms with Gasteiger partial charge in [-0.15, -0.1) is 0 Å². The second-order valence-corrected chi connectivity index (χ2v) is 4.13. The molecule has 0 amide bonds. The SMILES string of the molecule is COc1cc(C(C)(C)C#N)cc(O)c1Cl. The molecular weight excluding hydrogens is 214 g/mol. The first-order valence-electron chi connectivity index (χ1n) is 4.40. The number of methoxy groups -OCH3 is 1. The minimum atomic E-state index is -0.685. The molecule has 0 aliphatic rings. The van der Waals surface area contributed by atoms with Crippen molar-refractivity contribution in [1.29, 1.82) is 5.26 Å². The molecule has 0 aromatic heterocycles. The van der Waals surface area contributed by atoms with Gasteiger partial charge in [0.1, 0.15) is 16.5 Å². The van der Waals surface area contributed by atoms with Crippen molar-refractivity contribution >= 4 is 11.6 Å². The van der Waals surface area contributed by atoms with Crippen LogP contribution in [0.1, 0.15) is 19.4 Å². The number of halogens is 1. The van der Waals surface area contributed by atoms with Crippen molar-refractivity contribution in [3.63, 3.8) is 0 Å². The van der Waals surface area contributed by atoms with E-state index in [1.165, 1.54) is 13.2 Å². The van der Waals surface area contributed by atoms with Gasteiger partial charge < -0.3 is 9.84 Å². The lowest BCUT2D eigenvalue weighted by atomic mass is 9.86. The van der Waals surface area contributed by atoms with E-state index in [4.69, 9.17) is 21.6 Å². The normalized spacial score (nSPS) is 10.9. The highest BCUT2D eigenvalue weighted by atomic mass is 35.5. The van der Waals surface area contributed by atoms with Gasteiger partial charge in [0.15, 0.2) is 0 Å². The fraction of sp³-hybridized carbons (Fsp3) is 0.364. The first kappa shape index (κ1) is 11.7. The molecule has 3 nitrogen and oxygen atoms in total. The molecule has 0 saturated heterocycles. The van der Waals surface area contributed by atoms with Gasteiger partial charge in [0.25, 0.3) is 0 Å². The van der Waals surface area contributed by atoms with Crippen molar-refractivity contribution in [2.75, 3.05) is 7.11 Å². The van der Waals surface area contributed by atoms with Gasteiger partial charge in [-0.3, -0.25) is 0 Å². The van der Waals surface area contributed by atoms with Gasteiger partial charge in [-0.05, 0) is 31.5 Å². The van der Waals surface area contributed by atoms with Crippen molar-refractivity contribution in [2.24, 2.45) is 0 Å². The number of nitrogens with zero attached hydrogens (tertiary/aromatic N) is 1. The van der Waals surface area contributed by atoms with Crippen LogP contribution in [-0.2, 0) is 5.41 Å². The van der Waals surface area contributed by atoms with Crippen molar-refractivity contribution in [3.05, 3.63) is 22.7 Å². The van der Waals surface area contributed by atoms with Crippen LogP contribution in [-0.4, -0.2) is 12.2 Å². The molecular formula is C11H12ClNO2. The lowest BCUT2D eigenvalue weighted by molar-refractivity contribution is 0.406. The summed E-state index contributed by atoms with van der Waals surface area (Å²) in [5.41, 5.74) is -0.0150. The summed E-state index contributed by atoms with van der Waals surface area (Å²) in [5.74, 6) is 0.296. The molecule has 0 radical (unpaired) electrons. The Labute approximate surface area is 93.9 Å². The van der Waals surface area contributed by atoms with Crippen LogP contribution in [0.4, 0.5) is 0 Å². The number of nitriles is 1. The summed E-state index contributed by atoms with van der Waals surface area (Å²) in [4.78, 5) is 0. The Bertz CT molecular complexity index is 421. The summed E-state index contributed by atoms with van der Waals surface area (Å²) in [6.07, 6.45) is 0. The van der Waals surface area contributed by atoms with E-state index in [-0.39, 0.29) is 10.8 Å². The van der Waals surface area contributed by atoms with E-state index in [1.807, 2.05) is 0 Å². The molecule has 0 heterocycles. The monoisotopic (exact) mass is 225 g/mol. The lowest BCUT2D eigenvalue weighted by Crippen LogP contribution is -2.13. The summed E-state index contributed by atoms with van der Waals surface area (Å²) in [5, 5.41) is 18.7. The van der Waals surface area contributed by atoms with Crippen molar-refractivity contribution in [2.45, 2.75) is 19.3 Å².